The number of hydrogen-bond acceptors (Lipinski definition) is 5. The quantitative estimate of drug-likeness (QED) is 0.350. The van der Waals surface area contributed by atoms with Crippen LogP contribution in [0, 0.1) is 5.82 Å². The second-order valence-corrected chi connectivity index (χ2v) is 9.06. The summed E-state index contributed by atoms with van der Waals surface area (Å²) in [5, 5.41) is 2.79. The lowest BCUT2D eigenvalue weighted by atomic mass is 9.87. The van der Waals surface area contributed by atoms with Crippen LogP contribution in [0.5, 0.6) is 5.75 Å². The molecule has 3 heterocycles. The summed E-state index contributed by atoms with van der Waals surface area (Å²) in [5.74, 6) is 0.690. The molecule has 8 heteroatoms. The molecule has 7 nitrogen and oxygen atoms in total. The van der Waals surface area contributed by atoms with Gasteiger partial charge in [-0.2, -0.15) is 0 Å². The number of amides is 2. The van der Waals surface area contributed by atoms with Gasteiger partial charge >= 0.3 is 0 Å². The summed E-state index contributed by atoms with van der Waals surface area (Å²) in [4.78, 5) is 31.3. The van der Waals surface area contributed by atoms with Gasteiger partial charge in [-0.05, 0) is 71.6 Å². The maximum atomic E-state index is 13.6. The molecule has 2 aromatic carbocycles. The first kappa shape index (κ1) is 25.2. The van der Waals surface area contributed by atoms with E-state index >= 15 is 0 Å². The standard InChI is InChI=1S/C30H28FN3O4/c1-2-28(35)34-16-14-20-8-11-24(17-26(20)29(34)21-6-9-22(31)10-7-21)37-19-25-12-13-27(38-25)30(36)33-18-23-5-3-4-15-32-23/h3-13,15,17,29H,2,14,16,18-19H2,1H3,(H,33,36)/t29-/m0/s1. The van der Waals surface area contributed by atoms with Crippen LogP contribution >= 0.6 is 0 Å². The summed E-state index contributed by atoms with van der Waals surface area (Å²) in [5.41, 5.74) is 3.67. The monoisotopic (exact) mass is 513 g/mol. The molecule has 1 atom stereocenters. The zero-order valence-electron chi connectivity index (χ0n) is 21.0. The average molecular weight is 514 g/mol. The molecule has 0 unspecified atom stereocenters. The van der Waals surface area contributed by atoms with Gasteiger partial charge < -0.3 is 19.4 Å². The van der Waals surface area contributed by atoms with Crippen LogP contribution in [0.2, 0.25) is 0 Å². The van der Waals surface area contributed by atoms with Crippen LogP contribution in [0.4, 0.5) is 4.39 Å². The number of furan rings is 1. The molecule has 5 rings (SSSR count). The van der Waals surface area contributed by atoms with E-state index in [-0.39, 0.29) is 36.0 Å². The average Bonchev–Trinajstić information content (AvgIpc) is 3.44. The van der Waals surface area contributed by atoms with Crippen molar-refractivity contribution in [1.82, 2.24) is 15.2 Å². The number of ether oxygens (including phenoxy) is 1. The van der Waals surface area contributed by atoms with Crippen molar-refractivity contribution in [2.24, 2.45) is 0 Å². The van der Waals surface area contributed by atoms with Crippen LogP contribution in [0.3, 0.4) is 0 Å². The van der Waals surface area contributed by atoms with Crippen LogP contribution in [-0.2, 0) is 24.4 Å². The topological polar surface area (TPSA) is 84.7 Å². The third kappa shape index (κ3) is 5.59. The number of nitrogens with zero attached hydrogens (tertiary/aromatic N) is 2. The van der Waals surface area contributed by atoms with Crippen molar-refractivity contribution in [1.29, 1.82) is 0 Å². The van der Waals surface area contributed by atoms with E-state index in [1.54, 1.807) is 30.5 Å². The number of aromatic nitrogens is 1. The van der Waals surface area contributed by atoms with Gasteiger partial charge in [0.05, 0.1) is 18.3 Å². The molecule has 194 valence electrons. The smallest absolute Gasteiger partial charge is 0.287 e. The number of pyridine rings is 1. The van der Waals surface area contributed by atoms with Gasteiger partial charge in [-0.3, -0.25) is 14.6 Å². The van der Waals surface area contributed by atoms with E-state index < -0.39 is 0 Å². The highest BCUT2D eigenvalue weighted by Gasteiger charge is 2.31. The largest absolute Gasteiger partial charge is 0.486 e. The molecule has 0 saturated heterocycles. The lowest BCUT2D eigenvalue weighted by Gasteiger charge is -2.38. The Balaban J connectivity index is 1.29. The molecule has 0 radical (unpaired) electrons. The number of hydrogen-bond donors (Lipinski definition) is 1. The number of benzene rings is 2. The van der Waals surface area contributed by atoms with Crippen LogP contribution in [-0.4, -0.2) is 28.2 Å². The van der Waals surface area contributed by atoms with Gasteiger partial charge in [-0.15, -0.1) is 0 Å². The first-order valence-electron chi connectivity index (χ1n) is 12.6. The number of carbonyl (C=O) groups is 2. The molecule has 0 aliphatic carbocycles. The van der Waals surface area contributed by atoms with Gasteiger partial charge in [0.15, 0.2) is 5.76 Å². The Labute approximate surface area is 220 Å². The third-order valence-electron chi connectivity index (χ3n) is 6.58. The summed E-state index contributed by atoms with van der Waals surface area (Å²) in [6.45, 7) is 2.87. The lowest BCUT2D eigenvalue weighted by Crippen LogP contribution is -2.40. The predicted octanol–water partition coefficient (Wildman–Crippen LogP) is 5.21. The molecule has 1 aliphatic rings. The normalized spacial score (nSPS) is 14.6. The Morgan fingerprint density at radius 1 is 1.11 bits per heavy atom. The Hall–Kier alpha value is -4.46. The minimum atomic E-state index is -0.335. The van der Waals surface area contributed by atoms with E-state index in [0.717, 1.165) is 28.8 Å². The van der Waals surface area contributed by atoms with E-state index in [1.165, 1.54) is 12.1 Å². The fraction of sp³-hybridized carbons (Fsp3) is 0.233. The van der Waals surface area contributed by atoms with Crippen molar-refractivity contribution in [3.05, 3.63) is 119 Å². The van der Waals surface area contributed by atoms with Crippen molar-refractivity contribution < 1.29 is 23.1 Å². The Morgan fingerprint density at radius 2 is 1.95 bits per heavy atom. The van der Waals surface area contributed by atoms with Gasteiger partial charge in [-0.25, -0.2) is 4.39 Å². The fourth-order valence-electron chi connectivity index (χ4n) is 4.65. The predicted molar refractivity (Wildman–Crippen MR) is 139 cm³/mol. The van der Waals surface area contributed by atoms with Crippen LogP contribution < -0.4 is 10.1 Å². The van der Waals surface area contributed by atoms with Crippen molar-refractivity contribution in [3.8, 4) is 5.75 Å². The highest BCUT2D eigenvalue weighted by molar-refractivity contribution is 5.91. The first-order chi connectivity index (χ1) is 18.5. The van der Waals surface area contributed by atoms with Crippen LogP contribution in [0.15, 0.2) is 83.4 Å². The Kier molecular flexibility index (Phi) is 7.49. The molecule has 38 heavy (non-hydrogen) atoms. The summed E-state index contributed by atoms with van der Waals surface area (Å²) in [6, 6.07) is 20.6. The van der Waals surface area contributed by atoms with E-state index in [1.807, 2.05) is 48.2 Å². The van der Waals surface area contributed by atoms with Crippen molar-refractivity contribution in [3.63, 3.8) is 0 Å². The van der Waals surface area contributed by atoms with E-state index in [2.05, 4.69) is 10.3 Å². The van der Waals surface area contributed by atoms with Gasteiger partial charge in [0.2, 0.25) is 5.91 Å². The van der Waals surface area contributed by atoms with E-state index in [4.69, 9.17) is 9.15 Å². The SMILES string of the molecule is CCC(=O)N1CCc2ccc(OCc3ccc(C(=O)NCc4ccccn4)o3)cc2[C@@H]1c1ccc(F)cc1. The summed E-state index contributed by atoms with van der Waals surface area (Å²) >= 11 is 0. The van der Waals surface area contributed by atoms with Crippen molar-refractivity contribution in [2.75, 3.05) is 6.54 Å². The second kappa shape index (κ2) is 11.3. The van der Waals surface area contributed by atoms with Crippen molar-refractivity contribution in [2.45, 2.75) is 39.0 Å². The highest BCUT2D eigenvalue weighted by Crippen LogP contribution is 2.37. The lowest BCUT2D eigenvalue weighted by molar-refractivity contribution is -0.132. The summed E-state index contributed by atoms with van der Waals surface area (Å²) < 4.78 is 25.3. The number of halogens is 1. The van der Waals surface area contributed by atoms with E-state index in [0.29, 0.717) is 31.0 Å². The zero-order chi connectivity index (χ0) is 26.5. The number of fused-ring (bicyclic) bond motifs is 1. The molecule has 1 aliphatic heterocycles. The molecule has 2 aromatic heterocycles. The first-order valence-corrected chi connectivity index (χ1v) is 12.6. The number of nitrogens with one attached hydrogen (secondary N) is 1. The van der Waals surface area contributed by atoms with Crippen LogP contribution in [0.1, 0.15) is 58.1 Å². The maximum absolute atomic E-state index is 13.6. The van der Waals surface area contributed by atoms with Gasteiger partial charge in [0, 0.05) is 19.2 Å². The van der Waals surface area contributed by atoms with Crippen molar-refractivity contribution >= 4 is 11.8 Å². The summed E-state index contributed by atoms with van der Waals surface area (Å²) in [7, 11) is 0. The van der Waals surface area contributed by atoms with Crippen LogP contribution in [0.25, 0.3) is 0 Å². The molecular formula is C30H28FN3O4. The molecule has 1 N–H and O–H groups in total. The molecule has 2 amide bonds. The molecule has 0 bridgehead atoms. The van der Waals surface area contributed by atoms with E-state index in [9.17, 15) is 14.0 Å². The summed E-state index contributed by atoms with van der Waals surface area (Å²) in [6.07, 6.45) is 2.79. The Morgan fingerprint density at radius 3 is 2.71 bits per heavy atom. The zero-order valence-corrected chi connectivity index (χ0v) is 21.0. The molecule has 0 saturated carbocycles. The highest BCUT2D eigenvalue weighted by atomic mass is 19.1. The molecular weight excluding hydrogens is 485 g/mol. The molecule has 0 spiro atoms. The van der Waals surface area contributed by atoms with Gasteiger partial charge in [-0.1, -0.05) is 31.2 Å². The second-order valence-electron chi connectivity index (χ2n) is 9.06. The molecule has 4 aromatic rings. The Bertz CT molecular complexity index is 1420. The van der Waals surface area contributed by atoms with Gasteiger partial charge in [0.1, 0.15) is 23.9 Å². The van der Waals surface area contributed by atoms with Gasteiger partial charge in [0.25, 0.3) is 5.91 Å². The number of carbonyl (C=O) groups excluding carboxylic acids is 2. The minimum absolute atomic E-state index is 0.0423. The minimum Gasteiger partial charge on any atom is -0.486 e. The molecule has 0 fully saturated rings. The third-order valence-corrected chi connectivity index (χ3v) is 6.58. The number of rotatable bonds is 8. The fourth-order valence-corrected chi connectivity index (χ4v) is 4.65. The maximum Gasteiger partial charge on any atom is 0.287 e.